The summed E-state index contributed by atoms with van der Waals surface area (Å²) in [5, 5.41) is 61.5. The normalized spacial score (nSPS) is 25.6. The number of nitrogens with one attached hydrogen (secondary N) is 1. The molecule has 244 valence electrons. The second-order valence-electron chi connectivity index (χ2n) is 12.7. The zero-order valence-electron chi connectivity index (χ0n) is 25.1. The Hall–Kier alpha value is -3.28. The summed E-state index contributed by atoms with van der Waals surface area (Å²) >= 11 is 0. The summed E-state index contributed by atoms with van der Waals surface area (Å²) in [6, 6.07) is 5.24. The van der Waals surface area contributed by atoms with Crippen LogP contribution in [0.15, 0.2) is 30.9 Å². The van der Waals surface area contributed by atoms with Crippen molar-refractivity contribution in [3.05, 3.63) is 42.2 Å². The van der Waals surface area contributed by atoms with Gasteiger partial charge in [-0.3, -0.25) is 9.47 Å². The molecule has 0 bridgehead atoms. The Kier molecular flexibility index (Phi) is 9.05. The van der Waals surface area contributed by atoms with Crippen LogP contribution in [0.4, 0.5) is 5.82 Å². The third kappa shape index (κ3) is 5.90. The van der Waals surface area contributed by atoms with Gasteiger partial charge in [-0.1, -0.05) is 13.0 Å². The van der Waals surface area contributed by atoms with Crippen molar-refractivity contribution in [3.63, 3.8) is 0 Å². The number of anilines is 1. The largest absolute Gasteiger partial charge is 0.395 e. The van der Waals surface area contributed by atoms with Crippen LogP contribution in [0.2, 0.25) is 0 Å². The van der Waals surface area contributed by atoms with Crippen LogP contribution < -0.4 is 5.73 Å². The summed E-state index contributed by atoms with van der Waals surface area (Å²) in [5.41, 5.74) is 8.42. The summed E-state index contributed by atoms with van der Waals surface area (Å²) in [7, 11) is 0. The van der Waals surface area contributed by atoms with Crippen molar-refractivity contribution in [1.82, 2.24) is 34.4 Å². The molecule has 0 radical (unpaired) electrons. The number of hydrogen-bond donors (Lipinski definition) is 8. The molecule has 9 N–H and O–H groups in total. The van der Waals surface area contributed by atoms with E-state index in [2.05, 4.69) is 19.9 Å². The minimum atomic E-state index is -1.26. The van der Waals surface area contributed by atoms with Crippen molar-refractivity contribution < 1.29 is 35.4 Å². The van der Waals surface area contributed by atoms with E-state index in [4.69, 9.17) is 15.5 Å². The van der Waals surface area contributed by atoms with E-state index in [-0.39, 0.29) is 44.8 Å². The van der Waals surface area contributed by atoms with E-state index in [0.29, 0.717) is 17.1 Å². The highest BCUT2D eigenvalue weighted by molar-refractivity contribution is 5.81. The maximum Gasteiger partial charge on any atom is 0.167 e. The fraction of sp³-hybridized carbons (Fsp3) is 0.600. The molecule has 6 rings (SSSR count). The van der Waals surface area contributed by atoms with Crippen molar-refractivity contribution in [1.29, 1.82) is 0 Å². The van der Waals surface area contributed by atoms with Gasteiger partial charge in [0.25, 0.3) is 0 Å². The summed E-state index contributed by atoms with van der Waals surface area (Å²) in [6.45, 7) is 1.15. The zero-order chi connectivity index (χ0) is 31.9. The number of aliphatic hydroxyl groups is 6. The van der Waals surface area contributed by atoms with Gasteiger partial charge in [0.15, 0.2) is 17.7 Å². The van der Waals surface area contributed by atoms with E-state index in [1.54, 1.807) is 0 Å². The lowest BCUT2D eigenvalue weighted by molar-refractivity contribution is -0.0759. The quantitative estimate of drug-likeness (QED) is 0.0910. The van der Waals surface area contributed by atoms with Crippen LogP contribution in [0.3, 0.4) is 0 Å². The molecule has 3 aromatic heterocycles. The maximum atomic E-state index is 11.0. The van der Waals surface area contributed by atoms with Crippen LogP contribution in [-0.4, -0.2) is 128 Å². The van der Waals surface area contributed by atoms with Gasteiger partial charge in [0.05, 0.1) is 49.8 Å². The topological polar surface area (TPSA) is 232 Å². The standard InChI is InChI=1S/C30H42N8O7/c1-30(12-41,13-42)17-3-4-20-21(8-17)36-23(35-20)5-2-16-6-18(7-16)37(19(10-39)11-40)9-22-25(43)26(44)29(45-22)38-15-34-24-27(31)32-14-33-28(24)38/h3-4,8,14-16,18-19,22,25-26,29,39-44H,2,5-7,9-13H2,1H3,(H,35,36)(H2,31,32,33)/t16?,18?,22-,25-,26-,29-/m1/s1. The van der Waals surface area contributed by atoms with E-state index in [0.717, 1.165) is 48.1 Å². The van der Waals surface area contributed by atoms with Gasteiger partial charge in [-0.15, -0.1) is 0 Å². The molecule has 4 atom stereocenters. The summed E-state index contributed by atoms with van der Waals surface area (Å²) in [6.07, 6.45) is 1.82. The molecule has 1 aliphatic heterocycles. The SMILES string of the molecule is CC(CO)(CO)c1ccc2[nH]c(CCC3CC(N(C[C@H]4O[C@@H](n5cnc6c(N)ncnc65)[C@H](O)[C@@H]4O)C(CO)CO)C3)nc2c1. The molecular weight excluding hydrogens is 584 g/mol. The first-order valence-corrected chi connectivity index (χ1v) is 15.3. The molecule has 45 heavy (non-hydrogen) atoms. The number of H-pyrrole nitrogens is 1. The Bertz CT molecular complexity index is 1600. The first-order valence-electron chi connectivity index (χ1n) is 15.3. The third-order valence-electron chi connectivity index (χ3n) is 9.68. The summed E-state index contributed by atoms with van der Waals surface area (Å²) in [5.74, 6) is 1.46. The molecule has 1 saturated heterocycles. The fourth-order valence-electron chi connectivity index (χ4n) is 6.57. The molecule has 0 unspecified atom stereocenters. The van der Waals surface area contributed by atoms with E-state index in [9.17, 15) is 30.6 Å². The van der Waals surface area contributed by atoms with Gasteiger partial charge in [0, 0.05) is 24.4 Å². The van der Waals surface area contributed by atoms with Gasteiger partial charge in [-0.25, -0.2) is 19.9 Å². The van der Waals surface area contributed by atoms with Crippen LogP contribution >= 0.6 is 0 Å². The van der Waals surface area contributed by atoms with E-state index < -0.39 is 36.0 Å². The van der Waals surface area contributed by atoms with Crippen LogP contribution in [0.5, 0.6) is 0 Å². The van der Waals surface area contributed by atoms with Gasteiger partial charge < -0.3 is 46.1 Å². The average molecular weight is 627 g/mol. The first kappa shape index (κ1) is 31.7. The molecule has 0 amide bonds. The predicted octanol–water partition coefficient (Wildman–Crippen LogP) is -0.787. The number of aromatic amines is 1. The van der Waals surface area contributed by atoms with Crippen molar-refractivity contribution in [2.45, 2.75) is 74.6 Å². The number of hydrogen-bond acceptors (Lipinski definition) is 13. The number of benzene rings is 1. The molecule has 15 heteroatoms. The summed E-state index contributed by atoms with van der Waals surface area (Å²) < 4.78 is 7.67. The molecule has 2 fully saturated rings. The number of aryl methyl sites for hydroxylation is 1. The van der Waals surface area contributed by atoms with Crippen LogP contribution in [0, 0.1) is 5.92 Å². The molecule has 1 aromatic carbocycles. The first-order chi connectivity index (χ1) is 21.7. The number of fused-ring (bicyclic) bond motifs is 2. The Labute approximate surface area is 259 Å². The van der Waals surface area contributed by atoms with Crippen molar-refractivity contribution in [2.24, 2.45) is 5.92 Å². The van der Waals surface area contributed by atoms with Crippen molar-refractivity contribution >= 4 is 28.0 Å². The highest BCUT2D eigenvalue weighted by Gasteiger charge is 2.47. The van der Waals surface area contributed by atoms with Crippen LogP contribution in [0.25, 0.3) is 22.2 Å². The lowest BCUT2D eigenvalue weighted by Gasteiger charge is -2.46. The Morgan fingerprint density at radius 1 is 1.09 bits per heavy atom. The number of nitrogens with two attached hydrogens (primary N) is 1. The van der Waals surface area contributed by atoms with E-state index >= 15 is 0 Å². The minimum Gasteiger partial charge on any atom is -0.395 e. The second-order valence-corrected chi connectivity index (χ2v) is 12.7. The Morgan fingerprint density at radius 3 is 2.56 bits per heavy atom. The number of nitrogens with zero attached hydrogens (tertiary/aromatic N) is 6. The number of nitrogen functional groups attached to an aromatic ring is 1. The molecule has 1 aliphatic carbocycles. The van der Waals surface area contributed by atoms with Crippen LogP contribution in [0.1, 0.15) is 43.8 Å². The van der Waals surface area contributed by atoms with Gasteiger partial charge in [0.1, 0.15) is 36.0 Å². The van der Waals surface area contributed by atoms with Gasteiger partial charge in [-0.2, -0.15) is 0 Å². The number of ether oxygens (including phenoxy) is 1. The Morgan fingerprint density at radius 2 is 1.84 bits per heavy atom. The number of rotatable bonds is 13. The molecule has 4 heterocycles. The van der Waals surface area contributed by atoms with Crippen molar-refractivity contribution in [2.75, 3.05) is 38.7 Å². The van der Waals surface area contributed by atoms with Crippen LogP contribution in [-0.2, 0) is 16.6 Å². The average Bonchev–Trinajstić information content (AvgIpc) is 3.72. The minimum absolute atomic E-state index is 0.0563. The third-order valence-corrected chi connectivity index (χ3v) is 9.68. The molecule has 2 aliphatic rings. The Balaban J connectivity index is 1.08. The number of aliphatic hydroxyl groups excluding tert-OH is 6. The van der Waals surface area contributed by atoms with Crippen molar-refractivity contribution in [3.8, 4) is 0 Å². The van der Waals surface area contributed by atoms with Gasteiger partial charge in [-0.05, 0) is 42.9 Å². The zero-order valence-corrected chi connectivity index (χ0v) is 25.1. The molecule has 15 nitrogen and oxygen atoms in total. The fourth-order valence-corrected chi connectivity index (χ4v) is 6.57. The van der Waals surface area contributed by atoms with Gasteiger partial charge >= 0.3 is 0 Å². The predicted molar refractivity (Wildman–Crippen MR) is 163 cm³/mol. The summed E-state index contributed by atoms with van der Waals surface area (Å²) in [4.78, 5) is 22.5. The maximum absolute atomic E-state index is 11.0. The highest BCUT2D eigenvalue weighted by atomic mass is 16.6. The number of aromatic nitrogens is 6. The lowest BCUT2D eigenvalue weighted by Crippen LogP contribution is -2.56. The molecular formula is C30H42N8O7. The van der Waals surface area contributed by atoms with Gasteiger partial charge in [0.2, 0.25) is 0 Å². The monoisotopic (exact) mass is 626 g/mol. The highest BCUT2D eigenvalue weighted by Crippen LogP contribution is 2.38. The molecule has 4 aromatic rings. The molecule has 1 saturated carbocycles. The van der Waals surface area contributed by atoms with E-state index in [1.807, 2.05) is 30.0 Å². The second kappa shape index (κ2) is 12.8. The smallest absolute Gasteiger partial charge is 0.167 e. The number of imidazole rings is 2. The van der Waals surface area contributed by atoms with E-state index in [1.165, 1.54) is 17.2 Å². The lowest BCUT2D eigenvalue weighted by atomic mass is 9.76. The molecule has 0 spiro atoms.